The maximum Gasteiger partial charge on any atom is 0.234 e. The Morgan fingerprint density at radius 1 is 1.50 bits per heavy atom. The lowest BCUT2D eigenvalue weighted by atomic mass is 10.4. The van der Waals surface area contributed by atoms with Crippen LogP contribution in [0.15, 0.2) is 0 Å². The zero-order valence-electron chi connectivity index (χ0n) is 7.91. The van der Waals surface area contributed by atoms with Crippen LogP contribution in [0.4, 0.5) is 5.13 Å². The number of fused-ring (bicyclic) bond motifs is 1. The van der Waals surface area contributed by atoms with Gasteiger partial charge in [-0.1, -0.05) is 0 Å². The summed E-state index contributed by atoms with van der Waals surface area (Å²) in [4.78, 5) is 5.49. The molecule has 0 saturated carbocycles. The average molecular weight is 232 g/mol. The van der Waals surface area contributed by atoms with Crippen molar-refractivity contribution in [3.05, 3.63) is 10.6 Å². The van der Waals surface area contributed by atoms with Gasteiger partial charge in [0.05, 0.1) is 11.4 Å². The van der Waals surface area contributed by atoms with E-state index >= 15 is 0 Å². The Labute approximate surface area is 87.4 Å². The number of aryl methyl sites for hydroxylation is 2. The number of hydrogen-bond acceptors (Lipinski definition) is 4. The number of thiazole rings is 1. The predicted octanol–water partition coefficient (Wildman–Crippen LogP) is 1.39. The van der Waals surface area contributed by atoms with Crippen LogP contribution in [-0.4, -0.2) is 19.2 Å². The summed E-state index contributed by atoms with van der Waals surface area (Å²) in [6, 6.07) is 0. The average Bonchev–Trinajstić information content (AvgIpc) is 2.63. The van der Waals surface area contributed by atoms with Crippen molar-refractivity contribution in [1.82, 2.24) is 4.98 Å². The van der Waals surface area contributed by atoms with E-state index in [9.17, 15) is 8.42 Å². The second-order valence-corrected chi connectivity index (χ2v) is 6.34. The molecule has 0 amide bonds. The molecule has 0 aromatic carbocycles. The Morgan fingerprint density at radius 3 is 2.93 bits per heavy atom. The van der Waals surface area contributed by atoms with Crippen molar-refractivity contribution >= 4 is 26.5 Å². The first-order valence-corrected chi connectivity index (χ1v) is 7.06. The van der Waals surface area contributed by atoms with Crippen molar-refractivity contribution in [2.45, 2.75) is 26.2 Å². The Morgan fingerprint density at radius 2 is 2.29 bits per heavy atom. The quantitative estimate of drug-likeness (QED) is 0.856. The Balaban J connectivity index is 2.19. The molecule has 0 fully saturated rings. The number of hydrogen-bond donors (Lipinski definition) is 1. The van der Waals surface area contributed by atoms with Crippen LogP contribution in [0.3, 0.4) is 0 Å². The third kappa shape index (κ3) is 1.90. The van der Waals surface area contributed by atoms with Crippen LogP contribution in [0.25, 0.3) is 0 Å². The first-order valence-electron chi connectivity index (χ1n) is 4.60. The molecule has 0 aliphatic heterocycles. The molecule has 1 aromatic heterocycles. The molecule has 2 rings (SSSR count). The van der Waals surface area contributed by atoms with Gasteiger partial charge in [-0.2, -0.15) is 0 Å². The first kappa shape index (κ1) is 9.92. The largest absolute Gasteiger partial charge is 0.259 e. The summed E-state index contributed by atoms with van der Waals surface area (Å²) in [6.07, 6.45) is 3.18. The Bertz CT molecular complexity index is 415. The SMILES string of the molecule is CCS(=O)(=O)Nc1nc2c(s1)CCC2. The molecule has 1 N–H and O–H groups in total. The van der Waals surface area contributed by atoms with E-state index < -0.39 is 10.0 Å². The number of rotatable bonds is 3. The van der Waals surface area contributed by atoms with Crippen molar-refractivity contribution in [2.75, 3.05) is 10.5 Å². The maximum absolute atomic E-state index is 11.3. The molecule has 0 atom stereocenters. The van der Waals surface area contributed by atoms with Gasteiger partial charge in [0.15, 0.2) is 5.13 Å². The Kier molecular flexibility index (Phi) is 2.48. The van der Waals surface area contributed by atoms with Crippen LogP contribution < -0.4 is 4.72 Å². The molecular formula is C8H12N2O2S2. The fraction of sp³-hybridized carbons (Fsp3) is 0.625. The van der Waals surface area contributed by atoms with Crippen molar-refractivity contribution in [3.8, 4) is 0 Å². The van der Waals surface area contributed by atoms with Gasteiger partial charge >= 0.3 is 0 Å². The van der Waals surface area contributed by atoms with Crippen LogP contribution in [-0.2, 0) is 22.9 Å². The molecule has 0 unspecified atom stereocenters. The standard InChI is InChI=1S/C8H12N2O2S2/c1-2-14(11,12)10-8-9-6-4-3-5-7(6)13-8/h2-5H2,1H3,(H,9,10). The highest BCUT2D eigenvalue weighted by atomic mass is 32.2. The summed E-state index contributed by atoms with van der Waals surface area (Å²) >= 11 is 1.46. The third-order valence-electron chi connectivity index (χ3n) is 2.22. The fourth-order valence-corrected chi connectivity index (χ4v) is 3.34. The summed E-state index contributed by atoms with van der Waals surface area (Å²) in [7, 11) is -3.16. The van der Waals surface area contributed by atoms with Crippen molar-refractivity contribution < 1.29 is 8.42 Å². The first-order chi connectivity index (χ1) is 6.61. The zero-order valence-corrected chi connectivity index (χ0v) is 9.54. The monoisotopic (exact) mass is 232 g/mol. The summed E-state index contributed by atoms with van der Waals surface area (Å²) < 4.78 is 25.0. The summed E-state index contributed by atoms with van der Waals surface area (Å²) in [5.41, 5.74) is 1.07. The molecule has 0 saturated heterocycles. The molecule has 0 bridgehead atoms. The molecule has 0 radical (unpaired) electrons. The lowest BCUT2D eigenvalue weighted by Gasteiger charge is -2.00. The molecule has 0 spiro atoms. The molecular weight excluding hydrogens is 220 g/mol. The smallest absolute Gasteiger partial charge is 0.234 e. The number of nitrogens with one attached hydrogen (secondary N) is 1. The summed E-state index contributed by atoms with van der Waals surface area (Å²) in [5.74, 6) is 0.0945. The van der Waals surface area contributed by atoms with E-state index in [0.717, 1.165) is 25.0 Å². The van der Waals surface area contributed by atoms with Crippen LogP contribution in [0.2, 0.25) is 0 Å². The second kappa shape index (κ2) is 3.51. The summed E-state index contributed by atoms with van der Waals surface area (Å²) in [6.45, 7) is 1.61. The van der Waals surface area contributed by atoms with Gasteiger partial charge in [0.1, 0.15) is 0 Å². The molecule has 78 valence electrons. The predicted molar refractivity (Wildman–Crippen MR) is 57.2 cm³/mol. The second-order valence-electron chi connectivity index (χ2n) is 3.25. The van der Waals surface area contributed by atoms with Gasteiger partial charge in [-0.25, -0.2) is 13.4 Å². The topological polar surface area (TPSA) is 59.1 Å². The van der Waals surface area contributed by atoms with Gasteiger partial charge in [0.25, 0.3) is 0 Å². The lowest BCUT2D eigenvalue weighted by Crippen LogP contribution is -2.14. The molecule has 14 heavy (non-hydrogen) atoms. The third-order valence-corrected chi connectivity index (χ3v) is 4.69. The molecule has 6 heteroatoms. The normalized spacial score (nSPS) is 15.5. The minimum absolute atomic E-state index is 0.0945. The fourth-order valence-electron chi connectivity index (χ4n) is 1.44. The molecule has 1 aliphatic carbocycles. The number of sulfonamides is 1. The van der Waals surface area contributed by atoms with Crippen LogP contribution in [0.1, 0.15) is 23.9 Å². The number of aromatic nitrogens is 1. The van der Waals surface area contributed by atoms with Gasteiger partial charge in [0.2, 0.25) is 10.0 Å². The van der Waals surface area contributed by atoms with Gasteiger partial charge < -0.3 is 0 Å². The zero-order chi connectivity index (χ0) is 10.2. The van der Waals surface area contributed by atoms with E-state index in [0.29, 0.717) is 5.13 Å². The van der Waals surface area contributed by atoms with Crippen molar-refractivity contribution in [3.63, 3.8) is 0 Å². The lowest BCUT2D eigenvalue weighted by molar-refractivity contribution is 0.602. The highest BCUT2D eigenvalue weighted by Gasteiger charge is 2.18. The minimum Gasteiger partial charge on any atom is -0.259 e. The van der Waals surface area contributed by atoms with E-state index in [-0.39, 0.29) is 5.75 Å². The van der Waals surface area contributed by atoms with Crippen molar-refractivity contribution in [1.29, 1.82) is 0 Å². The van der Waals surface area contributed by atoms with E-state index in [4.69, 9.17) is 0 Å². The van der Waals surface area contributed by atoms with Gasteiger partial charge in [-0.3, -0.25) is 4.72 Å². The van der Waals surface area contributed by atoms with Crippen molar-refractivity contribution in [2.24, 2.45) is 0 Å². The van der Waals surface area contributed by atoms with Crippen LogP contribution in [0.5, 0.6) is 0 Å². The van der Waals surface area contributed by atoms with E-state index in [1.807, 2.05) is 0 Å². The Hall–Kier alpha value is -0.620. The molecule has 1 aromatic rings. The number of anilines is 1. The van der Waals surface area contributed by atoms with E-state index in [1.54, 1.807) is 6.92 Å². The molecule has 1 aliphatic rings. The maximum atomic E-state index is 11.3. The highest BCUT2D eigenvalue weighted by Crippen LogP contribution is 2.30. The molecule has 1 heterocycles. The van der Waals surface area contributed by atoms with E-state index in [1.165, 1.54) is 16.2 Å². The van der Waals surface area contributed by atoms with Gasteiger partial charge in [0, 0.05) is 4.88 Å². The number of nitrogens with zero attached hydrogens (tertiary/aromatic N) is 1. The minimum atomic E-state index is -3.16. The van der Waals surface area contributed by atoms with Crippen LogP contribution in [0, 0.1) is 0 Å². The van der Waals surface area contributed by atoms with Gasteiger partial charge in [-0.05, 0) is 26.2 Å². The van der Waals surface area contributed by atoms with Crippen LogP contribution >= 0.6 is 11.3 Å². The highest BCUT2D eigenvalue weighted by molar-refractivity contribution is 7.92. The summed E-state index contributed by atoms with van der Waals surface area (Å²) in [5, 5.41) is 0.525. The van der Waals surface area contributed by atoms with E-state index in [2.05, 4.69) is 9.71 Å². The van der Waals surface area contributed by atoms with Gasteiger partial charge in [-0.15, -0.1) is 11.3 Å². The molecule has 4 nitrogen and oxygen atoms in total.